The molecular formula is C9H8ClF2NO. The predicted molar refractivity (Wildman–Crippen MR) is 50.5 cm³/mol. The number of hydrogen-bond acceptors (Lipinski definition) is 1. The van der Waals surface area contributed by atoms with Crippen LogP contribution in [0.25, 0.3) is 0 Å². The lowest BCUT2D eigenvalue weighted by Gasteiger charge is -2.16. The van der Waals surface area contributed by atoms with Gasteiger partial charge in [-0.2, -0.15) is 0 Å². The summed E-state index contributed by atoms with van der Waals surface area (Å²) in [5.41, 5.74) is 0.0112. The average molecular weight is 220 g/mol. The smallest absolute Gasteiger partial charge is 0.241 e. The van der Waals surface area contributed by atoms with Crippen LogP contribution in [0.15, 0.2) is 18.2 Å². The second-order valence-electron chi connectivity index (χ2n) is 2.68. The maximum atomic E-state index is 13.1. The number of alkyl halides is 1. The topological polar surface area (TPSA) is 20.3 Å². The number of nitrogens with zero attached hydrogens (tertiary/aromatic N) is 1. The van der Waals surface area contributed by atoms with Crippen molar-refractivity contribution in [1.82, 2.24) is 0 Å². The van der Waals surface area contributed by atoms with Crippen molar-refractivity contribution >= 4 is 23.2 Å². The summed E-state index contributed by atoms with van der Waals surface area (Å²) in [6, 6.07) is 2.99. The first-order valence-corrected chi connectivity index (χ1v) is 4.37. The van der Waals surface area contributed by atoms with Gasteiger partial charge in [-0.3, -0.25) is 4.79 Å². The fourth-order valence-corrected chi connectivity index (χ4v) is 1.16. The third-order valence-electron chi connectivity index (χ3n) is 1.76. The molecule has 0 bridgehead atoms. The van der Waals surface area contributed by atoms with Gasteiger partial charge in [0.1, 0.15) is 17.5 Å². The lowest BCUT2D eigenvalue weighted by molar-refractivity contribution is -0.116. The van der Waals surface area contributed by atoms with E-state index >= 15 is 0 Å². The highest BCUT2D eigenvalue weighted by atomic mass is 35.5. The van der Waals surface area contributed by atoms with E-state index in [9.17, 15) is 13.6 Å². The minimum atomic E-state index is -0.786. The van der Waals surface area contributed by atoms with E-state index in [1.165, 1.54) is 13.1 Å². The minimum Gasteiger partial charge on any atom is -0.312 e. The summed E-state index contributed by atoms with van der Waals surface area (Å²) in [6.45, 7) is 0. The summed E-state index contributed by atoms with van der Waals surface area (Å²) in [4.78, 5) is 12.1. The van der Waals surface area contributed by atoms with E-state index in [0.717, 1.165) is 11.0 Å². The molecule has 1 rings (SSSR count). The number of carbonyl (C=O) groups is 1. The Morgan fingerprint density at radius 3 is 2.64 bits per heavy atom. The number of rotatable bonds is 2. The van der Waals surface area contributed by atoms with Crippen molar-refractivity contribution in [3.63, 3.8) is 0 Å². The van der Waals surface area contributed by atoms with Crippen LogP contribution in [0.5, 0.6) is 0 Å². The van der Waals surface area contributed by atoms with Crippen molar-refractivity contribution in [3.05, 3.63) is 29.8 Å². The molecule has 0 atom stereocenters. The van der Waals surface area contributed by atoms with Crippen LogP contribution in [0.3, 0.4) is 0 Å². The normalized spacial score (nSPS) is 10.0. The zero-order chi connectivity index (χ0) is 10.7. The quantitative estimate of drug-likeness (QED) is 0.698. The van der Waals surface area contributed by atoms with Gasteiger partial charge in [-0.05, 0) is 12.1 Å². The molecule has 0 unspecified atom stereocenters. The Morgan fingerprint density at radius 1 is 1.50 bits per heavy atom. The molecule has 1 aromatic rings. The fourth-order valence-electron chi connectivity index (χ4n) is 0.977. The highest BCUT2D eigenvalue weighted by Crippen LogP contribution is 2.18. The van der Waals surface area contributed by atoms with Crippen molar-refractivity contribution in [2.24, 2.45) is 0 Å². The molecular weight excluding hydrogens is 212 g/mol. The maximum Gasteiger partial charge on any atom is 0.241 e. The standard InChI is InChI=1S/C9H8ClF2NO/c1-13(9(14)5-10)8-3-2-6(11)4-7(8)12/h2-4H,5H2,1H3. The maximum absolute atomic E-state index is 13.1. The molecule has 0 radical (unpaired) electrons. The number of hydrogen-bond donors (Lipinski definition) is 0. The molecule has 0 aliphatic heterocycles. The molecule has 1 amide bonds. The predicted octanol–water partition coefficient (Wildman–Crippen LogP) is 2.17. The van der Waals surface area contributed by atoms with Crippen molar-refractivity contribution in [2.45, 2.75) is 0 Å². The van der Waals surface area contributed by atoms with Gasteiger partial charge in [-0.15, -0.1) is 11.6 Å². The van der Waals surface area contributed by atoms with Gasteiger partial charge >= 0.3 is 0 Å². The monoisotopic (exact) mass is 219 g/mol. The summed E-state index contributed by atoms with van der Waals surface area (Å²) < 4.78 is 25.6. The highest BCUT2D eigenvalue weighted by Gasteiger charge is 2.13. The second-order valence-corrected chi connectivity index (χ2v) is 2.95. The molecule has 0 aromatic heterocycles. The summed E-state index contributed by atoms with van der Waals surface area (Å²) in [5.74, 6) is -2.16. The molecule has 0 aliphatic carbocycles. The Kier molecular flexibility index (Phi) is 3.41. The van der Waals surface area contributed by atoms with Gasteiger partial charge in [0.25, 0.3) is 0 Å². The summed E-state index contributed by atoms with van der Waals surface area (Å²) >= 11 is 5.29. The number of benzene rings is 1. The van der Waals surface area contributed by atoms with Crippen LogP contribution in [0.4, 0.5) is 14.5 Å². The van der Waals surface area contributed by atoms with Gasteiger partial charge in [-0.25, -0.2) is 8.78 Å². The number of halogens is 3. The van der Waals surface area contributed by atoms with E-state index in [4.69, 9.17) is 11.6 Å². The van der Waals surface area contributed by atoms with Crippen LogP contribution in [0.1, 0.15) is 0 Å². The molecule has 0 saturated carbocycles. The van der Waals surface area contributed by atoms with E-state index in [-0.39, 0.29) is 11.6 Å². The Morgan fingerprint density at radius 2 is 2.14 bits per heavy atom. The molecule has 76 valence electrons. The van der Waals surface area contributed by atoms with E-state index < -0.39 is 17.5 Å². The van der Waals surface area contributed by atoms with Gasteiger partial charge < -0.3 is 4.90 Å². The van der Waals surface area contributed by atoms with Crippen molar-refractivity contribution in [2.75, 3.05) is 17.8 Å². The fraction of sp³-hybridized carbons (Fsp3) is 0.222. The van der Waals surface area contributed by atoms with Crippen LogP contribution < -0.4 is 4.90 Å². The van der Waals surface area contributed by atoms with Crippen molar-refractivity contribution in [1.29, 1.82) is 0 Å². The van der Waals surface area contributed by atoms with Crippen molar-refractivity contribution in [3.8, 4) is 0 Å². The Bertz CT molecular complexity index is 357. The van der Waals surface area contributed by atoms with Crippen LogP contribution in [-0.2, 0) is 4.79 Å². The third kappa shape index (κ3) is 2.20. The summed E-state index contributed by atoms with van der Waals surface area (Å²) in [5, 5.41) is 0. The molecule has 1 aromatic carbocycles. The van der Waals surface area contributed by atoms with E-state index in [2.05, 4.69) is 0 Å². The van der Waals surface area contributed by atoms with Gasteiger partial charge in [0, 0.05) is 13.1 Å². The summed E-state index contributed by atoms with van der Waals surface area (Å²) in [7, 11) is 1.38. The molecule has 0 spiro atoms. The lowest BCUT2D eigenvalue weighted by Crippen LogP contribution is -2.28. The number of carbonyl (C=O) groups excluding carboxylic acids is 1. The zero-order valence-corrected chi connectivity index (χ0v) is 8.18. The van der Waals surface area contributed by atoms with E-state index in [1.807, 2.05) is 0 Å². The Balaban J connectivity index is 3.01. The summed E-state index contributed by atoms with van der Waals surface area (Å²) in [6.07, 6.45) is 0. The molecule has 0 fully saturated rings. The highest BCUT2D eigenvalue weighted by molar-refractivity contribution is 6.29. The largest absolute Gasteiger partial charge is 0.312 e. The molecule has 0 aliphatic rings. The van der Waals surface area contributed by atoms with Crippen LogP contribution >= 0.6 is 11.6 Å². The first-order chi connectivity index (χ1) is 6.56. The van der Waals surface area contributed by atoms with Gasteiger partial charge in [0.05, 0.1) is 5.69 Å². The second kappa shape index (κ2) is 4.37. The Labute approximate surface area is 85.1 Å². The zero-order valence-electron chi connectivity index (χ0n) is 7.43. The van der Waals surface area contributed by atoms with Crippen LogP contribution in [0.2, 0.25) is 0 Å². The van der Waals surface area contributed by atoms with Crippen LogP contribution in [-0.4, -0.2) is 18.8 Å². The molecule has 0 N–H and O–H groups in total. The van der Waals surface area contributed by atoms with Crippen LogP contribution in [0, 0.1) is 11.6 Å². The Hall–Kier alpha value is -1.16. The van der Waals surface area contributed by atoms with E-state index in [1.54, 1.807) is 0 Å². The number of anilines is 1. The molecule has 14 heavy (non-hydrogen) atoms. The molecule has 0 heterocycles. The first-order valence-electron chi connectivity index (χ1n) is 3.84. The van der Waals surface area contributed by atoms with Gasteiger partial charge in [0.15, 0.2) is 0 Å². The molecule has 0 saturated heterocycles. The molecule has 2 nitrogen and oxygen atoms in total. The first kappa shape index (κ1) is 10.9. The lowest BCUT2D eigenvalue weighted by atomic mass is 10.2. The molecule has 5 heteroatoms. The van der Waals surface area contributed by atoms with E-state index in [0.29, 0.717) is 6.07 Å². The van der Waals surface area contributed by atoms with Gasteiger partial charge in [-0.1, -0.05) is 0 Å². The minimum absolute atomic E-state index is 0.0112. The third-order valence-corrected chi connectivity index (χ3v) is 1.99. The SMILES string of the molecule is CN(C(=O)CCl)c1ccc(F)cc1F. The van der Waals surface area contributed by atoms with Crippen molar-refractivity contribution < 1.29 is 13.6 Å². The number of amides is 1. The average Bonchev–Trinajstić information content (AvgIpc) is 2.15. The van der Waals surface area contributed by atoms with Gasteiger partial charge in [0.2, 0.25) is 5.91 Å².